The zero-order valence-corrected chi connectivity index (χ0v) is 26.7. The maximum Gasteiger partial charge on any atom is 0.282 e. The van der Waals surface area contributed by atoms with Gasteiger partial charge in [0.25, 0.3) is 10.0 Å². The van der Waals surface area contributed by atoms with Gasteiger partial charge in [-0.3, -0.25) is 0 Å². The molecule has 0 saturated heterocycles. The SMILES string of the molecule is COc1ccc(S(=O)(=O)/N=C/[C@]2(c3ccccc3)N(Cc3ccc(C)cc3)c3ccc(OC)cc3[C@@]2(C)c2ccccc2)cc1. The van der Waals surface area contributed by atoms with Gasteiger partial charge in [0.15, 0.2) is 0 Å². The number of benzene rings is 5. The van der Waals surface area contributed by atoms with Gasteiger partial charge in [-0.25, -0.2) is 0 Å². The first-order valence-corrected chi connectivity index (χ1v) is 16.3. The fourth-order valence-corrected chi connectivity index (χ4v) is 7.43. The molecule has 0 amide bonds. The van der Waals surface area contributed by atoms with Crippen molar-refractivity contribution in [2.24, 2.45) is 4.40 Å². The van der Waals surface area contributed by atoms with Crippen LogP contribution >= 0.6 is 0 Å². The Bertz CT molecular complexity index is 1930. The van der Waals surface area contributed by atoms with E-state index in [0.717, 1.165) is 33.7 Å². The van der Waals surface area contributed by atoms with Crippen LogP contribution < -0.4 is 14.4 Å². The summed E-state index contributed by atoms with van der Waals surface area (Å²) in [6, 6.07) is 41.1. The van der Waals surface area contributed by atoms with Crippen molar-refractivity contribution in [3.05, 3.63) is 155 Å². The Morgan fingerprint density at radius 2 is 1.31 bits per heavy atom. The molecule has 0 saturated carbocycles. The van der Waals surface area contributed by atoms with Gasteiger partial charge in [-0.15, -0.1) is 0 Å². The molecular weight excluding hydrogens is 580 g/mol. The maximum atomic E-state index is 13.9. The Balaban J connectivity index is 1.67. The van der Waals surface area contributed by atoms with Crippen LogP contribution in [-0.4, -0.2) is 28.9 Å². The lowest BCUT2D eigenvalue weighted by molar-refractivity contribution is 0.385. The van der Waals surface area contributed by atoms with Gasteiger partial charge >= 0.3 is 0 Å². The highest BCUT2D eigenvalue weighted by Crippen LogP contribution is 2.60. The molecular formula is C38H36N2O4S. The van der Waals surface area contributed by atoms with Gasteiger partial charge in [0.2, 0.25) is 0 Å². The van der Waals surface area contributed by atoms with Crippen molar-refractivity contribution in [3.8, 4) is 11.5 Å². The first-order valence-electron chi connectivity index (χ1n) is 14.8. The molecule has 6 rings (SSSR count). The third kappa shape index (κ3) is 5.17. The van der Waals surface area contributed by atoms with E-state index in [1.807, 2.05) is 42.5 Å². The van der Waals surface area contributed by atoms with Crippen LogP contribution in [0.25, 0.3) is 0 Å². The predicted octanol–water partition coefficient (Wildman–Crippen LogP) is 7.69. The van der Waals surface area contributed by atoms with E-state index in [1.54, 1.807) is 32.6 Å². The monoisotopic (exact) mass is 616 g/mol. The lowest BCUT2D eigenvalue weighted by Crippen LogP contribution is -2.56. The molecule has 0 aliphatic carbocycles. The topological polar surface area (TPSA) is 68.2 Å². The highest BCUT2D eigenvalue weighted by molar-refractivity contribution is 7.90. The second kappa shape index (κ2) is 11.9. The molecule has 0 bridgehead atoms. The van der Waals surface area contributed by atoms with Gasteiger partial charge < -0.3 is 14.4 Å². The number of hydrogen-bond donors (Lipinski definition) is 0. The van der Waals surface area contributed by atoms with Crippen LogP contribution in [0, 0.1) is 6.92 Å². The highest BCUT2D eigenvalue weighted by Gasteiger charge is 2.60. The Labute approximate surface area is 265 Å². The minimum atomic E-state index is -4.09. The van der Waals surface area contributed by atoms with Crippen molar-refractivity contribution in [1.82, 2.24) is 0 Å². The van der Waals surface area contributed by atoms with E-state index < -0.39 is 21.0 Å². The van der Waals surface area contributed by atoms with E-state index in [-0.39, 0.29) is 4.90 Å². The van der Waals surface area contributed by atoms with E-state index in [1.165, 1.54) is 17.7 Å². The molecule has 1 aliphatic heterocycles. The summed E-state index contributed by atoms with van der Waals surface area (Å²) >= 11 is 0. The Kier molecular flexibility index (Phi) is 7.97. The number of ether oxygens (including phenoxy) is 2. The fourth-order valence-electron chi connectivity index (χ4n) is 6.54. The van der Waals surface area contributed by atoms with E-state index in [4.69, 9.17) is 9.47 Å². The first kappa shape index (κ1) is 30.2. The lowest BCUT2D eigenvalue weighted by atomic mass is 9.62. The summed E-state index contributed by atoms with van der Waals surface area (Å²) in [5, 5.41) is 0. The summed E-state index contributed by atoms with van der Waals surface area (Å²) in [4.78, 5) is 2.38. The van der Waals surface area contributed by atoms with Crippen molar-refractivity contribution in [3.63, 3.8) is 0 Å². The third-order valence-electron chi connectivity index (χ3n) is 8.98. The molecule has 1 aliphatic rings. The zero-order valence-electron chi connectivity index (χ0n) is 25.8. The molecule has 0 N–H and O–H groups in total. The average Bonchev–Trinajstić information content (AvgIpc) is 3.30. The van der Waals surface area contributed by atoms with E-state index in [9.17, 15) is 8.42 Å². The number of aryl methyl sites for hydroxylation is 1. The van der Waals surface area contributed by atoms with Crippen molar-refractivity contribution < 1.29 is 17.9 Å². The van der Waals surface area contributed by atoms with Crippen LogP contribution in [-0.2, 0) is 27.5 Å². The molecule has 5 aromatic rings. The molecule has 7 heteroatoms. The number of rotatable bonds is 9. The summed E-state index contributed by atoms with van der Waals surface area (Å²) in [7, 11) is -0.883. The predicted molar refractivity (Wildman–Crippen MR) is 180 cm³/mol. The Morgan fingerprint density at radius 1 is 0.733 bits per heavy atom. The first-order chi connectivity index (χ1) is 21.7. The fraction of sp³-hybridized carbons (Fsp3) is 0.184. The van der Waals surface area contributed by atoms with Crippen molar-refractivity contribution in [2.75, 3.05) is 19.1 Å². The number of hydrogen-bond acceptors (Lipinski definition) is 5. The van der Waals surface area contributed by atoms with E-state index in [2.05, 4.69) is 83.8 Å². The van der Waals surface area contributed by atoms with Gasteiger partial charge in [-0.1, -0.05) is 90.5 Å². The molecule has 228 valence electrons. The molecule has 6 nitrogen and oxygen atoms in total. The minimum Gasteiger partial charge on any atom is -0.497 e. The summed E-state index contributed by atoms with van der Waals surface area (Å²) in [6.45, 7) is 4.75. The lowest BCUT2D eigenvalue weighted by Gasteiger charge is -2.47. The average molecular weight is 617 g/mol. The number of methoxy groups -OCH3 is 2. The van der Waals surface area contributed by atoms with Crippen molar-refractivity contribution in [1.29, 1.82) is 0 Å². The second-order valence-electron chi connectivity index (χ2n) is 11.5. The quantitative estimate of drug-likeness (QED) is 0.159. The van der Waals surface area contributed by atoms with Crippen LogP contribution in [0.15, 0.2) is 137 Å². The van der Waals surface area contributed by atoms with Gasteiger partial charge in [0, 0.05) is 18.4 Å². The highest BCUT2D eigenvalue weighted by atomic mass is 32.2. The van der Waals surface area contributed by atoms with Crippen molar-refractivity contribution in [2.45, 2.75) is 36.2 Å². The van der Waals surface area contributed by atoms with Crippen LogP contribution in [0.5, 0.6) is 11.5 Å². The van der Waals surface area contributed by atoms with Crippen molar-refractivity contribution >= 4 is 21.9 Å². The molecule has 0 spiro atoms. The van der Waals surface area contributed by atoms with E-state index in [0.29, 0.717) is 12.3 Å². The summed E-state index contributed by atoms with van der Waals surface area (Å²) in [6.07, 6.45) is 1.65. The number of sulfonamides is 1. The molecule has 5 aromatic carbocycles. The van der Waals surface area contributed by atoms with Crippen LogP contribution in [0.3, 0.4) is 0 Å². The van der Waals surface area contributed by atoms with Gasteiger partial charge in [0.05, 0.1) is 24.5 Å². The van der Waals surface area contributed by atoms with Gasteiger partial charge in [-0.2, -0.15) is 12.8 Å². The summed E-state index contributed by atoms with van der Waals surface area (Å²) in [5.74, 6) is 1.29. The smallest absolute Gasteiger partial charge is 0.282 e. The zero-order chi connectivity index (χ0) is 31.7. The standard InChI is InChI=1S/C38H36N2O4S/c1-28-15-17-29(18-16-28)26-40-36-24-21-33(44-4)25-35(36)37(2,30-11-7-5-8-12-30)38(40,31-13-9-6-10-14-31)27-39-45(41,42)34-22-19-32(43-3)20-23-34/h5-25,27H,26H2,1-4H3/b39-27+/t37-,38-/m1/s1. The molecule has 0 aromatic heterocycles. The van der Waals surface area contributed by atoms with Crippen LogP contribution in [0.1, 0.15) is 34.7 Å². The molecule has 45 heavy (non-hydrogen) atoms. The van der Waals surface area contributed by atoms with Gasteiger partial charge in [0.1, 0.15) is 17.0 Å². The minimum absolute atomic E-state index is 0.0893. The summed E-state index contributed by atoms with van der Waals surface area (Å²) in [5.41, 5.74) is 4.29. The van der Waals surface area contributed by atoms with Crippen LogP contribution in [0.4, 0.5) is 5.69 Å². The maximum absolute atomic E-state index is 13.9. The molecule has 0 fully saturated rings. The summed E-state index contributed by atoms with van der Waals surface area (Å²) < 4.78 is 43.3. The molecule has 2 atom stereocenters. The molecule has 1 heterocycles. The third-order valence-corrected chi connectivity index (χ3v) is 10.2. The normalized spacial score (nSPS) is 19.4. The number of fused-ring (bicyclic) bond motifs is 1. The molecule has 0 unspecified atom stereocenters. The number of nitrogens with zero attached hydrogens (tertiary/aromatic N) is 2. The van der Waals surface area contributed by atoms with E-state index >= 15 is 0 Å². The largest absolute Gasteiger partial charge is 0.497 e. The van der Waals surface area contributed by atoms with Gasteiger partial charge in [-0.05, 0) is 78.6 Å². The van der Waals surface area contributed by atoms with Crippen LogP contribution in [0.2, 0.25) is 0 Å². The Hall–Kier alpha value is -4.88. The number of anilines is 1. The molecule has 0 radical (unpaired) electrons. The second-order valence-corrected chi connectivity index (χ2v) is 13.1. The Morgan fingerprint density at radius 3 is 1.91 bits per heavy atom.